The zero-order valence-corrected chi connectivity index (χ0v) is 11.5. The summed E-state index contributed by atoms with van der Waals surface area (Å²) >= 11 is 0. The molecular weight excluding hydrogens is 296 g/mol. The lowest BCUT2D eigenvalue weighted by atomic mass is 10.2. The fraction of sp³-hybridized carbons (Fsp3) is 0.0833. The SMILES string of the molecule is Nc1ccc(S(=O)(=O)NCc2ccncn2)c(C(=O)O)c1. The number of carboxylic acids is 1. The van der Waals surface area contributed by atoms with Crippen molar-refractivity contribution in [3.8, 4) is 0 Å². The minimum atomic E-state index is -4.00. The lowest BCUT2D eigenvalue weighted by Crippen LogP contribution is -2.25. The second kappa shape index (κ2) is 5.85. The Labute approximate surface area is 120 Å². The van der Waals surface area contributed by atoms with Gasteiger partial charge < -0.3 is 10.8 Å². The molecule has 0 radical (unpaired) electrons. The number of aromatic nitrogens is 2. The number of nitrogens with zero attached hydrogens (tertiary/aromatic N) is 2. The highest BCUT2D eigenvalue weighted by Gasteiger charge is 2.22. The second-order valence-corrected chi connectivity index (χ2v) is 5.82. The van der Waals surface area contributed by atoms with Gasteiger partial charge in [-0.3, -0.25) is 0 Å². The Hall–Kier alpha value is -2.52. The number of carboxylic acid groups (broad SMARTS) is 1. The van der Waals surface area contributed by atoms with E-state index >= 15 is 0 Å². The van der Waals surface area contributed by atoms with Gasteiger partial charge in [-0.25, -0.2) is 27.9 Å². The molecule has 1 aromatic carbocycles. The highest BCUT2D eigenvalue weighted by molar-refractivity contribution is 7.89. The predicted octanol–water partition coefficient (Wildman–Crippen LogP) is 0.235. The van der Waals surface area contributed by atoms with Gasteiger partial charge in [0.25, 0.3) is 0 Å². The maximum absolute atomic E-state index is 12.2. The summed E-state index contributed by atoms with van der Waals surface area (Å²) in [7, 11) is -4.00. The molecule has 8 nitrogen and oxygen atoms in total. The molecular formula is C12H12N4O4S. The van der Waals surface area contributed by atoms with Crippen LogP contribution >= 0.6 is 0 Å². The van der Waals surface area contributed by atoms with E-state index in [-0.39, 0.29) is 22.7 Å². The number of nitrogens with two attached hydrogens (primary N) is 1. The van der Waals surface area contributed by atoms with Crippen molar-refractivity contribution in [2.45, 2.75) is 11.4 Å². The van der Waals surface area contributed by atoms with Gasteiger partial charge in [-0.15, -0.1) is 0 Å². The number of sulfonamides is 1. The van der Waals surface area contributed by atoms with Crippen molar-refractivity contribution in [1.29, 1.82) is 0 Å². The third kappa shape index (κ3) is 3.52. The largest absolute Gasteiger partial charge is 0.478 e. The molecule has 0 saturated heterocycles. The van der Waals surface area contributed by atoms with Gasteiger partial charge in [0.05, 0.1) is 22.7 Å². The Morgan fingerprint density at radius 2 is 2.10 bits per heavy atom. The molecule has 0 saturated carbocycles. The lowest BCUT2D eigenvalue weighted by Gasteiger charge is -2.09. The maximum atomic E-state index is 12.2. The van der Waals surface area contributed by atoms with Crippen LogP contribution < -0.4 is 10.5 Å². The summed E-state index contributed by atoms with van der Waals surface area (Å²) in [6, 6.07) is 5.12. The molecule has 0 bridgehead atoms. The van der Waals surface area contributed by atoms with E-state index in [1.807, 2.05) is 0 Å². The van der Waals surface area contributed by atoms with Crippen molar-refractivity contribution in [2.24, 2.45) is 0 Å². The first-order valence-corrected chi connectivity index (χ1v) is 7.26. The van der Waals surface area contributed by atoms with Crippen molar-refractivity contribution < 1.29 is 18.3 Å². The van der Waals surface area contributed by atoms with Crippen molar-refractivity contribution in [1.82, 2.24) is 14.7 Å². The number of benzene rings is 1. The van der Waals surface area contributed by atoms with E-state index < -0.39 is 16.0 Å². The van der Waals surface area contributed by atoms with Crippen LogP contribution in [0.15, 0.2) is 41.7 Å². The van der Waals surface area contributed by atoms with Gasteiger partial charge in [0.2, 0.25) is 10.0 Å². The average Bonchev–Trinajstić information content (AvgIpc) is 2.46. The minimum Gasteiger partial charge on any atom is -0.478 e. The number of rotatable bonds is 5. The van der Waals surface area contributed by atoms with E-state index in [4.69, 9.17) is 10.8 Å². The van der Waals surface area contributed by atoms with Crippen LogP contribution in [0, 0.1) is 0 Å². The van der Waals surface area contributed by atoms with Crippen LogP contribution in [0.2, 0.25) is 0 Å². The first-order chi connectivity index (χ1) is 9.90. The number of carbonyl (C=O) groups is 1. The molecule has 0 aliphatic rings. The molecule has 9 heteroatoms. The van der Waals surface area contributed by atoms with E-state index in [0.717, 1.165) is 12.1 Å². The molecule has 0 aliphatic heterocycles. The van der Waals surface area contributed by atoms with Crippen LogP contribution in [0.1, 0.15) is 16.1 Å². The van der Waals surface area contributed by atoms with E-state index in [1.54, 1.807) is 6.07 Å². The normalized spacial score (nSPS) is 11.2. The second-order valence-electron chi connectivity index (χ2n) is 4.09. The molecule has 0 fully saturated rings. The van der Waals surface area contributed by atoms with Crippen LogP contribution in [0.3, 0.4) is 0 Å². The fourth-order valence-corrected chi connectivity index (χ4v) is 2.79. The van der Waals surface area contributed by atoms with Crippen LogP contribution in [-0.4, -0.2) is 29.5 Å². The molecule has 0 unspecified atom stereocenters. The number of anilines is 1. The third-order valence-electron chi connectivity index (χ3n) is 2.61. The van der Waals surface area contributed by atoms with Gasteiger partial charge in [-0.2, -0.15) is 0 Å². The third-order valence-corrected chi connectivity index (χ3v) is 4.07. The zero-order valence-electron chi connectivity index (χ0n) is 10.7. The molecule has 21 heavy (non-hydrogen) atoms. The van der Waals surface area contributed by atoms with Crippen molar-refractivity contribution in [3.05, 3.63) is 48.0 Å². The van der Waals surface area contributed by atoms with Gasteiger partial charge in [-0.1, -0.05) is 0 Å². The van der Waals surface area contributed by atoms with E-state index in [2.05, 4.69) is 14.7 Å². The predicted molar refractivity (Wildman–Crippen MR) is 73.9 cm³/mol. The molecule has 2 aromatic rings. The smallest absolute Gasteiger partial charge is 0.337 e. The van der Waals surface area contributed by atoms with Crippen LogP contribution in [0.25, 0.3) is 0 Å². The van der Waals surface area contributed by atoms with E-state index in [9.17, 15) is 13.2 Å². The number of hydrogen-bond donors (Lipinski definition) is 3. The van der Waals surface area contributed by atoms with Gasteiger partial charge in [0, 0.05) is 11.9 Å². The van der Waals surface area contributed by atoms with Crippen LogP contribution in [0.5, 0.6) is 0 Å². The topological polar surface area (TPSA) is 135 Å². The highest BCUT2D eigenvalue weighted by Crippen LogP contribution is 2.19. The Kier molecular flexibility index (Phi) is 4.15. The van der Waals surface area contributed by atoms with Crippen molar-refractivity contribution in [3.63, 3.8) is 0 Å². The monoisotopic (exact) mass is 308 g/mol. The van der Waals surface area contributed by atoms with Crippen molar-refractivity contribution >= 4 is 21.7 Å². The first-order valence-electron chi connectivity index (χ1n) is 5.77. The lowest BCUT2D eigenvalue weighted by molar-refractivity contribution is 0.0692. The highest BCUT2D eigenvalue weighted by atomic mass is 32.2. The summed E-state index contributed by atoms with van der Waals surface area (Å²) in [6.45, 7) is -0.0751. The number of nitrogens with one attached hydrogen (secondary N) is 1. The summed E-state index contributed by atoms with van der Waals surface area (Å²) in [4.78, 5) is 18.4. The average molecular weight is 308 g/mol. The van der Waals surface area contributed by atoms with Gasteiger partial charge in [0.15, 0.2) is 0 Å². The maximum Gasteiger partial charge on any atom is 0.337 e. The van der Waals surface area contributed by atoms with Gasteiger partial charge in [0.1, 0.15) is 6.33 Å². The molecule has 1 aromatic heterocycles. The van der Waals surface area contributed by atoms with Gasteiger partial charge in [-0.05, 0) is 24.3 Å². The van der Waals surface area contributed by atoms with Gasteiger partial charge >= 0.3 is 5.97 Å². The molecule has 4 N–H and O–H groups in total. The van der Waals surface area contributed by atoms with Crippen molar-refractivity contribution in [2.75, 3.05) is 5.73 Å². The summed E-state index contributed by atoms with van der Waals surface area (Å²) < 4.78 is 26.7. The van der Waals surface area contributed by atoms with Crippen LogP contribution in [-0.2, 0) is 16.6 Å². The fourth-order valence-electron chi connectivity index (χ4n) is 1.62. The standard InChI is InChI=1S/C12H12N4O4S/c13-8-1-2-11(10(5-8)12(17)18)21(19,20)16-6-9-3-4-14-7-15-9/h1-5,7,16H,6,13H2,(H,17,18). The molecule has 2 rings (SSSR count). The first kappa shape index (κ1) is 14.9. The summed E-state index contributed by atoms with van der Waals surface area (Å²) in [5, 5.41) is 9.07. The molecule has 0 atom stereocenters. The summed E-state index contributed by atoms with van der Waals surface area (Å²) in [5.74, 6) is -1.37. The Morgan fingerprint density at radius 3 is 2.71 bits per heavy atom. The Morgan fingerprint density at radius 1 is 1.33 bits per heavy atom. The number of hydrogen-bond acceptors (Lipinski definition) is 6. The quantitative estimate of drug-likeness (QED) is 0.673. The Bertz CT molecular complexity index is 762. The summed E-state index contributed by atoms with van der Waals surface area (Å²) in [6.07, 6.45) is 2.76. The molecule has 0 spiro atoms. The van der Waals surface area contributed by atoms with E-state index in [0.29, 0.717) is 5.69 Å². The number of nitrogen functional groups attached to an aromatic ring is 1. The number of aromatic carboxylic acids is 1. The Balaban J connectivity index is 2.30. The van der Waals surface area contributed by atoms with Crippen LogP contribution in [0.4, 0.5) is 5.69 Å². The molecule has 1 heterocycles. The molecule has 0 aliphatic carbocycles. The molecule has 110 valence electrons. The zero-order chi connectivity index (χ0) is 15.5. The van der Waals surface area contributed by atoms with E-state index in [1.165, 1.54) is 18.6 Å². The minimum absolute atomic E-state index is 0.0751. The molecule has 0 amide bonds. The summed E-state index contributed by atoms with van der Waals surface area (Å²) in [5.41, 5.74) is 5.72.